The maximum Gasteiger partial charge on any atom is 0.287 e. The molecule has 3 heterocycles. The summed E-state index contributed by atoms with van der Waals surface area (Å²) in [6.45, 7) is 8.61. The first-order chi connectivity index (χ1) is 14.0. The fourth-order valence-corrected chi connectivity index (χ4v) is 4.42. The first-order valence-corrected chi connectivity index (χ1v) is 10.4. The van der Waals surface area contributed by atoms with Gasteiger partial charge in [0.05, 0.1) is 12.6 Å². The molecule has 1 N–H and O–H groups in total. The molecule has 1 fully saturated rings. The van der Waals surface area contributed by atoms with Gasteiger partial charge in [0.2, 0.25) is 5.71 Å². The number of furan rings is 1. The van der Waals surface area contributed by atoms with Crippen molar-refractivity contribution in [1.29, 1.82) is 0 Å². The van der Waals surface area contributed by atoms with E-state index in [-0.39, 0.29) is 5.91 Å². The molecule has 2 unspecified atom stereocenters. The number of piperidine rings is 1. The number of methoxy groups -OCH3 is 1. The molecule has 0 saturated carbocycles. The van der Waals surface area contributed by atoms with Gasteiger partial charge in [-0.3, -0.25) is 4.79 Å². The third-order valence-corrected chi connectivity index (χ3v) is 5.61. The second-order valence-corrected chi connectivity index (χ2v) is 8.37. The molecule has 0 spiro atoms. The number of amides is 1. The quantitative estimate of drug-likeness (QED) is 0.637. The molecule has 1 aromatic carbocycles. The van der Waals surface area contributed by atoms with E-state index in [2.05, 4.69) is 29.0 Å². The number of nitrogens with zero attached hydrogens (tertiary/aromatic N) is 2. The summed E-state index contributed by atoms with van der Waals surface area (Å²) in [5, 5.41) is 4.74. The van der Waals surface area contributed by atoms with Crippen molar-refractivity contribution in [1.82, 2.24) is 15.2 Å². The predicted octanol–water partition coefficient (Wildman–Crippen LogP) is 4.09. The largest absolute Gasteiger partial charge is 0.497 e. The van der Waals surface area contributed by atoms with E-state index in [1.807, 2.05) is 24.3 Å². The van der Waals surface area contributed by atoms with Crippen LogP contribution in [-0.4, -0.2) is 49.1 Å². The molecule has 0 aliphatic carbocycles. The van der Waals surface area contributed by atoms with Crippen LogP contribution in [0.15, 0.2) is 34.7 Å². The van der Waals surface area contributed by atoms with Crippen LogP contribution in [0.4, 0.5) is 0 Å². The predicted molar refractivity (Wildman–Crippen MR) is 114 cm³/mol. The zero-order valence-corrected chi connectivity index (χ0v) is 17.4. The summed E-state index contributed by atoms with van der Waals surface area (Å²) >= 11 is 0. The topological polar surface area (TPSA) is 67.6 Å². The van der Waals surface area contributed by atoms with E-state index in [0.717, 1.165) is 59.9 Å². The van der Waals surface area contributed by atoms with Gasteiger partial charge in [0.25, 0.3) is 5.91 Å². The molecule has 1 amide bonds. The molecule has 2 aromatic heterocycles. The smallest absolute Gasteiger partial charge is 0.287 e. The van der Waals surface area contributed by atoms with Crippen molar-refractivity contribution >= 4 is 27.9 Å². The maximum absolute atomic E-state index is 12.5. The number of hydrogen-bond donors (Lipinski definition) is 1. The molecule has 1 saturated heterocycles. The average Bonchev–Trinajstić information content (AvgIpc) is 3.11. The summed E-state index contributed by atoms with van der Waals surface area (Å²) in [7, 11) is 1.64. The number of carbonyl (C=O) groups is 1. The Labute approximate surface area is 171 Å². The fraction of sp³-hybridized carbons (Fsp3) is 0.478. The van der Waals surface area contributed by atoms with Crippen LogP contribution in [0.25, 0.3) is 22.0 Å². The number of aromatic nitrogens is 1. The van der Waals surface area contributed by atoms with E-state index in [1.54, 1.807) is 13.2 Å². The molecule has 154 valence electrons. The minimum Gasteiger partial charge on any atom is -0.497 e. The van der Waals surface area contributed by atoms with Gasteiger partial charge in [-0.2, -0.15) is 0 Å². The fourth-order valence-electron chi connectivity index (χ4n) is 4.42. The molecule has 1 aliphatic heterocycles. The number of ether oxygens (including phenoxy) is 1. The van der Waals surface area contributed by atoms with E-state index in [0.29, 0.717) is 18.0 Å². The first-order valence-electron chi connectivity index (χ1n) is 10.4. The zero-order chi connectivity index (χ0) is 20.4. The highest BCUT2D eigenvalue weighted by Gasteiger charge is 2.21. The number of fused-ring (bicyclic) bond motifs is 2. The number of benzene rings is 1. The molecule has 3 aromatic rings. The Morgan fingerprint density at radius 1 is 1.21 bits per heavy atom. The first kappa shape index (κ1) is 19.7. The molecule has 6 heteroatoms. The van der Waals surface area contributed by atoms with Crippen molar-refractivity contribution in [3.05, 3.63) is 36.1 Å². The zero-order valence-electron chi connectivity index (χ0n) is 17.4. The molecule has 4 rings (SSSR count). The van der Waals surface area contributed by atoms with Crippen LogP contribution in [0, 0.1) is 11.8 Å². The van der Waals surface area contributed by atoms with Gasteiger partial charge in [0, 0.05) is 30.4 Å². The third-order valence-electron chi connectivity index (χ3n) is 5.61. The number of hydrogen-bond acceptors (Lipinski definition) is 5. The summed E-state index contributed by atoms with van der Waals surface area (Å²) in [5.74, 6) is 2.40. The highest BCUT2D eigenvalue weighted by molar-refractivity contribution is 5.98. The Morgan fingerprint density at radius 2 is 2.00 bits per heavy atom. The van der Waals surface area contributed by atoms with Crippen LogP contribution in [0.5, 0.6) is 5.75 Å². The lowest BCUT2D eigenvalue weighted by Gasteiger charge is -2.34. The van der Waals surface area contributed by atoms with Crippen LogP contribution in [0.3, 0.4) is 0 Å². The van der Waals surface area contributed by atoms with Gasteiger partial charge < -0.3 is 19.4 Å². The molecule has 29 heavy (non-hydrogen) atoms. The van der Waals surface area contributed by atoms with E-state index in [1.165, 1.54) is 6.42 Å². The van der Waals surface area contributed by atoms with Crippen molar-refractivity contribution in [3.63, 3.8) is 0 Å². The van der Waals surface area contributed by atoms with Gasteiger partial charge in [0.15, 0.2) is 5.76 Å². The summed E-state index contributed by atoms with van der Waals surface area (Å²) < 4.78 is 11.0. The van der Waals surface area contributed by atoms with E-state index in [9.17, 15) is 4.79 Å². The number of likely N-dealkylation sites (tertiary alicyclic amines) is 1. The molecule has 2 atom stereocenters. The Bertz CT molecular complexity index is 1000. The van der Waals surface area contributed by atoms with Crippen molar-refractivity contribution in [2.75, 3.05) is 33.3 Å². The normalized spacial score (nSPS) is 20.2. The Kier molecular flexibility index (Phi) is 5.72. The monoisotopic (exact) mass is 395 g/mol. The number of nitrogens with one attached hydrogen (secondary N) is 1. The second kappa shape index (κ2) is 8.41. The summed E-state index contributed by atoms with van der Waals surface area (Å²) in [6, 6.07) is 9.40. The maximum atomic E-state index is 12.5. The number of pyridine rings is 1. The van der Waals surface area contributed by atoms with Crippen molar-refractivity contribution < 1.29 is 13.9 Å². The third kappa shape index (κ3) is 4.53. The van der Waals surface area contributed by atoms with E-state index in [4.69, 9.17) is 9.15 Å². The van der Waals surface area contributed by atoms with Gasteiger partial charge in [-0.05, 0) is 61.6 Å². The molecule has 6 nitrogen and oxygen atoms in total. The van der Waals surface area contributed by atoms with E-state index >= 15 is 0 Å². The lowest BCUT2D eigenvalue weighted by atomic mass is 9.92. The summed E-state index contributed by atoms with van der Waals surface area (Å²) in [4.78, 5) is 19.5. The minimum atomic E-state index is -0.190. The van der Waals surface area contributed by atoms with Crippen LogP contribution in [0.2, 0.25) is 0 Å². The lowest BCUT2D eigenvalue weighted by Crippen LogP contribution is -2.40. The van der Waals surface area contributed by atoms with Crippen LogP contribution in [0.1, 0.15) is 37.2 Å². The highest BCUT2D eigenvalue weighted by atomic mass is 16.5. The van der Waals surface area contributed by atoms with Gasteiger partial charge in [-0.1, -0.05) is 13.8 Å². The number of carbonyl (C=O) groups excluding carboxylic acids is 1. The second-order valence-electron chi connectivity index (χ2n) is 8.37. The molecule has 0 bridgehead atoms. The molecular formula is C23H29N3O3. The van der Waals surface area contributed by atoms with Crippen LogP contribution >= 0.6 is 0 Å². The van der Waals surface area contributed by atoms with Gasteiger partial charge in [0.1, 0.15) is 5.75 Å². The molecular weight excluding hydrogens is 366 g/mol. The van der Waals surface area contributed by atoms with Crippen molar-refractivity contribution in [2.24, 2.45) is 11.8 Å². The summed E-state index contributed by atoms with van der Waals surface area (Å²) in [6.07, 6.45) is 2.25. The van der Waals surface area contributed by atoms with Crippen LogP contribution < -0.4 is 10.1 Å². The molecule has 0 radical (unpaired) electrons. The SMILES string of the molecule is COc1ccc2nc3oc(C(=O)NCCCN4CC(C)CC(C)C4)cc3cc2c1. The lowest BCUT2D eigenvalue weighted by molar-refractivity contribution is 0.0921. The standard InChI is InChI=1S/C23H29N3O3/c1-15-9-16(2)14-26(13-15)8-4-7-24-22(27)21-12-18-10-17-11-19(28-3)5-6-20(17)25-23(18)29-21/h5-6,10-12,15-16H,4,7-9,13-14H2,1-3H3,(H,24,27). The minimum absolute atomic E-state index is 0.190. The van der Waals surface area contributed by atoms with Gasteiger partial charge in [-0.25, -0.2) is 4.98 Å². The average molecular weight is 396 g/mol. The molecule has 1 aliphatic rings. The Balaban J connectivity index is 1.36. The van der Waals surface area contributed by atoms with Gasteiger partial charge >= 0.3 is 0 Å². The van der Waals surface area contributed by atoms with Gasteiger partial charge in [-0.15, -0.1) is 0 Å². The highest BCUT2D eigenvalue weighted by Crippen LogP contribution is 2.26. The summed E-state index contributed by atoms with van der Waals surface area (Å²) in [5.41, 5.74) is 1.29. The Morgan fingerprint density at radius 3 is 2.76 bits per heavy atom. The van der Waals surface area contributed by atoms with Crippen molar-refractivity contribution in [3.8, 4) is 5.75 Å². The van der Waals surface area contributed by atoms with Crippen molar-refractivity contribution in [2.45, 2.75) is 26.7 Å². The van der Waals surface area contributed by atoms with Crippen LogP contribution in [-0.2, 0) is 0 Å². The van der Waals surface area contributed by atoms with E-state index < -0.39 is 0 Å². The number of rotatable bonds is 6. The Hall–Kier alpha value is -2.60.